The van der Waals surface area contributed by atoms with Gasteiger partial charge in [-0.25, -0.2) is 9.97 Å². The van der Waals surface area contributed by atoms with Crippen LogP contribution in [0.5, 0.6) is 0 Å². The first-order chi connectivity index (χ1) is 11.7. The molecule has 3 aromatic rings. The molecule has 0 spiro atoms. The van der Waals surface area contributed by atoms with E-state index < -0.39 is 0 Å². The SMILES string of the molecule is Cc1nc2sc3c(c2c2nc(C(=O)N4CCNCC4)nn12)CCC3. The van der Waals surface area contributed by atoms with Gasteiger partial charge in [0.1, 0.15) is 10.7 Å². The monoisotopic (exact) mass is 342 g/mol. The number of aryl methyl sites for hydroxylation is 3. The van der Waals surface area contributed by atoms with Crippen LogP contribution in [0, 0.1) is 6.92 Å². The zero-order valence-electron chi connectivity index (χ0n) is 13.5. The summed E-state index contributed by atoms with van der Waals surface area (Å²) in [4.78, 5) is 26.3. The van der Waals surface area contributed by atoms with Crippen LogP contribution in [0.4, 0.5) is 0 Å². The van der Waals surface area contributed by atoms with Crippen molar-refractivity contribution in [1.29, 1.82) is 0 Å². The van der Waals surface area contributed by atoms with Crippen LogP contribution in [0.1, 0.15) is 33.3 Å². The van der Waals surface area contributed by atoms with Gasteiger partial charge in [-0.2, -0.15) is 4.52 Å². The number of nitrogens with one attached hydrogen (secondary N) is 1. The molecule has 0 saturated carbocycles. The maximum Gasteiger partial charge on any atom is 0.293 e. The number of fused-ring (bicyclic) bond motifs is 5. The molecule has 2 aliphatic rings. The Morgan fingerprint density at radius 3 is 2.88 bits per heavy atom. The topological polar surface area (TPSA) is 75.4 Å². The van der Waals surface area contributed by atoms with Gasteiger partial charge < -0.3 is 10.2 Å². The number of thiophene rings is 1. The Labute approximate surface area is 142 Å². The van der Waals surface area contributed by atoms with Crippen LogP contribution in [-0.2, 0) is 12.8 Å². The quantitative estimate of drug-likeness (QED) is 0.719. The summed E-state index contributed by atoms with van der Waals surface area (Å²) >= 11 is 1.77. The number of carbonyl (C=O) groups excluding carboxylic acids is 1. The van der Waals surface area contributed by atoms with Crippen molar-refractivity contribution in [1.82, 2.24) is 29.8 Å². The van der Waals surface area contributed by atoms with Crippen molar-refractivity contribution in [2.24, 2.45) is 0 Å². The molecule has 0 radical (unpaired) electrons. The fourth-order valence-corrected chi connectivity index (χ4v) is 4.99. The number of piperazine rings is 1. The molecule has 0 unspecified atom stereocenters. The molecule has 1 amide bonds. The van der Waals surface area contributed by atoms with E-state index in [2.05, 4.69) is 15.4 Å². The van der Waals surface area contributed by atoms with E-state index in [9.17, 15) is 4.79 Å². The Hall–Kier alpha value is -2.06. The van der Waals surface area contributed by atoms with Crippen molar-refractivity contribution in [3.8, 4) is 0 Å². The van der Waals surface area contributed by atoms with E-state index >= 15 is 0 Å². The second kappa shape index (κ2) is 5.22. The van der Waals surface area contributed by atoms with Gasteiger partial charge in [-0.3, -0.25) is 4.79 Å². The molecule has 1 aliphatic heterocycles. The van der Waals surface area contributed by atoms with Gasteiger partial charge in [0.15, 0.2) is 5.65 Å². The Morgan fingerprint density at radius 2 is 2.04 bits per heavy atom. The number of aromatic nitrogens is 4. The maximum absolute atomic E-state index is 12.7. The molecule has 0 bridgehead atoms. The van der Waals surface area contributed by atoms with E-state index in [4.69, 9.17) is 4.98 Å². The fourth-order valence-electron chi connectivity index (χ4n) is 3.69. The Morgan fingerprint density at radius 1 is 1.21 bits per heavy atom. The molecular weight excluding hydrogens is 324 g/mol. The zero-order valence-corrected chi connectivity index (χ0v) is 14.3. The lowest BCUT2D eigenvalue weighted by molar-refractivity contribution is 0.0723. The third-order valence-corrected chi connectivity index (χ3v) is 6.08. The number of hydrogen-bond donors (Lipinski definition) is 1. The van der Waals surface area contributed by atoms with Gasteiger partial charge in [0.05, 0.1) is 5.39 Å². The minimum atomic E-state index is -0.0837. The molecule has 7 nitrogen and oxygen atoms in total. The smallest absolute Gasteiger partial charge is 0.293 e. The lowest BCUT2D eigenvalue weighted by Gasteiger charge is -2.26. The van der Waals surface area contributed by atoms with Crippen LogP contribution in [-0.4, -0.2) is 56.6 Å². The van der Waals surface area contributed by atoms with Gasteiger partial charge in [0, 0.05) is 31.1 Å². The van der Waals surface area contributed by atoms with Crippen molar-refractivity contribution in [2.75, 3.05) is 26.2 Å². The third kappa shape index (κ3) is 1.99. The Kier molecular flexibility index (Phi) is 3.11. The third-order valence-electron chi connectivity index (χ3n) is 4.90. The van der Waals surface area contributed by atoms with Crippen molar-refractivity contribution < 1.29 is 4.79 Å². The van der Waals surface area contributed by atoms with Gasteiger partial charge in [-0.15, -0.1) is 16.4 Å². The molecule has 4 heterocycles. The lowest BCUT2D eigenvalue weighted by Crippen LogP contribution is -2.46. The summed E-state index contributed by atoms with van der Waals surface area (Å²) in [6.07, 6.45) is 3.39. The highest BCUT2D eigenvalue weighted by molar-refractivity contribution is 7.19. The first kappa shape index (κ1) is 14.3. The average molecular weight is 342 g/mol. The van der Waals surface area contributed by atoms with E-state index in [1.54, 1.807) is 15.9 Å². The van der Waals surface area contributed by atoms with E-state index in [-0.39, 0.29) is 11.7 Å². The summed E-state index contributed by atoms with van der Waals surface area (Å²) in [6.45, 7) is 4.97. The van der Waals surface area contributed by atoms with Crippen LogP contribution in [0.15, 0.2) is 0 Å². The molecular formula is C16H18N6OS. The van der Waals surface area contributed by atoms with Crippen molar-refractivity contribution in [3.05, 3.63) is 22.1 Å². The van der Waals surface area contributed by atoms with Crippen LogP contribution in [0.2, 0.25) is 0 Å². The van der Waals surface area contributed by atoms with Crippen LogP contribution >= 0.6 is 11.3 Å². The van der Waals surface area contributed by atoms with E-state index in [1.165, 1.54) is 16.9 Å². The highest BCUT2D eigenvalue weighted by Gasteiger charge is 2.26. The second-order valence-electron chi connectivity index (χ2n) is 6.41. The van der Waals surface area contributed by atoms with Crippen molar-refractivity contribution in [2.45, 2.75) is 26.2 Å². The molecule has 3 aromatic heterocycles. The van der Waals surface area contributed by atoms with E-state index in [1.807, 2.05) is 11.8 Å². The maximum atomic E-state index is 12.7. The minimum absolute atomic E-state index is 0.0837. The highest BCUT2D eigenvalue weighted by Crippen LogP contribution is 2.38. The van der Waals surface area contributed by atoms with Gasteiger partial charge in [0.25, 0.3) is 5.91 Å². The minimum Gasteiger partial charge on any atom is -0.333 e. The molecule has 1 fully saturated rings. The molecule has 5 rings (SSSR count). The standard InChI is InChI=1S/C16H18N6OS/c1-9-18-15-12(10-3-2-4-11(10)24-15)14-19-13(20-22(9)14)16(23)21-7-5-17-6-8-21/h17H,2-8H2,1H3. The summed E-state index contributed by atoms with van der Waals surface area (Å²) in [5.74, 6) is 0.983. The number of rotatable bonds is 1. The zero-order chi connectivity index (χ0) is 16.3. The molecule has 0 atom stereocenters. The summed E-state index contributed by atoms with van der Waals surface area (Å²) in [6, 6.07) is 0. The lowest BCUT2D eigenvalue weighted by atomic mass is 10.2. The highest BCUT2D eigenvalue weighted by atomic mass is 32.1. The normalized spacial score (nSPS) is 17.8. The Balaban J connectivity index is 1.68. The average Bonchev–Trinajstić information content (AvgIpc) is 3.28. The molecule has 124 valence electrons. The Bertz CT molecular complexity index is 968. The summed E-state index contributed by atoms with van der Waals surface area (Å²) in [5, 5.41) is 8.84. The molecule has 1 aliphatic carbocycles. The van der Waals surface area contributed by atoms with Gasteiger partial charge in [-0.1, -0.05) is 0 Å². The van der Waals surface area contributed by atoms with Gasteiger partial charge >= 0.3 is 0 Å². The molecule has 1 saturated heterocycles. The molecule has 8 heteroatoms. The first-order valence-corrected chi connectivity index (χ1v) is 9.21. The van der Waals surface area contributed by atoms with E-state index in [0.29, 0.717) is 13.1 Å². The first-order valence-electron chi connectivity index (χ1n) is 8.40. The van der Waals surface area contributed by atoms with Crippen molar-refractivity contribution >= 4 is 33.1 Å². The predicted octanol–water partition coefficient (Wildman–Crippen LogP) is 1.18. The predicted molar refractivity (Wildman–Crippen MR) is 91.7 cm³/mol. The fraction of sp³-hybridized carbons (Fsp3) is 0.500. The van der Waals surface area contributed by atoms with Crippen LogP contribution in [0.3, 0.4) is 0 Å². The van der Waals surface area contributed by atoms with Crippen molar-refractivity contribution in [3.63, 3.8) is 0 Å². The summed E-state index contributed by atoms with van der Waals surface area (Å²) < 4.78 is 1.74. The molecule has 0 aromatic carbocycles. The molecule has 24 heavy (non-hydrogen) atoms. The van der Waals surface area contributed by atoms with Gasteiger partial charge in [-0.05, 0) is 31.7 Å². The number of hydrogen-bond acceptors (Lipinski definition) is 6. The number of carbonyl (C=O) groups is 1. The number of nitrogens with zero attached hydrogens (tertiary/aromatic N) is 5. The van der Waals surface area contributed by atoms with E-state index in [0.717, 1.165) is 47.6 Å². The number of amides is 1. The van der Waals surface area contributed by atoms with Crippen LogP contribution < -0.4 is 5.32 Å². The summed E-state index contributed by atoms with van der Waals surface area (Å²) in [5.41, 5.74) is 2.15. The van der Waals surface area contributed by atoms with Gasteiger partial charge in [0.2, 0.25) is 5.82 Å². The van der Waals surface area contributed by atoms with Crippen LogP contribution in [0.25, 0.3) is 15.9 Å². The largest absolute Gasteiger partial charge is 0.333 e. The summed E-state index contributed by atoms with van der Waals surface area (Å²) in [7, 11) is 0. The second-order valence-corrected chi connectivity index (χ2v) is 7.49. The molecule has 1 N–H and O–H groups in total.